The minimum atomic E-state index is 1.11. The van der Waals surface area contributed by atoms with Gasteiger partial charge in [0.25, 0.3) is 0 Å². The molecule has 0 unspecified atom stereocenters. The van der Waals surface area contributed by atoms with Gasteiger partial charge in [-0.15, -0.1) is 22.7 Å². The molecule has 40 heavy (non-hydrogen) atoms. The smallest absolute Gasteiger partial charge is 0.0476 e. The summed E-state index contributed by atoms with van der Waals surface area (Å²) < 4.78 is 6.34. The number of halogens is 1. The van der Waals surface area contributed by atoms with Gasteiger partial charge >= 0.3 is 0 Å². The molecule has 0 aliphatic rings. The predicted octanol–water partition coefficient (Wildman–Crippen LogP) is 12.3. The Morgan fingerprint density at radius 3 is 1.82 bits per heavy atom. The van der Waals surface area contributed by atoms with E-state index < -0.39 is 0 Å². The molecule has 0 saturated heterocycles. The number of hydrogen-bond donors (Lipinski definition) is 0. The highest BCUT2D eigenvalue weighted by Crippen LogP contribution is 2.43. The molecule has 2 aromatic heterocycles. The van der Waals surface area contributed by atoms with Crippen molar-refractivity contribution in [3.8, 4) is 11.1 Å². The largest absolute Gasteiger partial charge is 0.310 e. The fourth-order valence-corrected chi connectivity index (χ4v) is 8.39. The highest BCUT2D eigenvalue weighted by atomic mass is 79.9. The molecule has 0 radical (unpaired) electrons. The standard InChI is InChI=1S/C36H22BrNS2/c37-25-12-17-31-32-21-27(16-19-34(32)40-35(31)20-25)38(26-13-10-24(11-14-26)23-6-2-1-3-7-23)28-15-18-30-29-8-4-5-9-33(29)39-36(30)22-28/h1-22H. The molecule has 4 heteroatoms. The summed E-state index contributed by atoms with van der Waals surface area (Å²) in [6.07, 6.45) is 0. The summed E-state index contributed by atoms with van der Waals surface area (Å²) in [7, 11) is 0. The molecule has 0 saturated carbocycles. The van der Waals surface area contributed by atoms with Crippen LogP contribution in [0.15, 0.2) is 138 Å². The Kier molecular flexibility index (Phi) is 5.73. The van der Waals surface area contributed by atoms with Gasteiger partial charge in [0.2, 0.25) is 0 Å². The second-order valence-electron chi connectivity index (χ2n) is 9.95. The Balaban J connectivity index is 1.32. The normalized spacial score (nSPS) is 11.6. The highest BCUT2D eigenvalue weighted by Gasteiger charge is 2.17. The Morgan fingerprint density at radius 2 is 0.975 bits per heavy atom. The van der Waals surface area contributed by atoms with Gasteiger partial charge in [0, 0.05) is 61.9 Å². The van der Waals surface area contributed by atoms with E-state index in [4.69, 9.17) is 0 Å². The lowest BCUT2D eigenvalue weighted by Gasteiger charge is -2.26. The average molecular weight is 613 g/mol. The van der Waals surface area contributed by atoms with E-state index in [2.05, 4.69) is 154 Å². The van der Waals surface area contributed by atoms with Crippen molar-refractivity contribution in [2.45, 2.75) is 0 Å². The fraction of sp³-hybridized carbons (Fsp3) is 0. The maximum absolute atomic E-state index is 3.64. The van der Waals surface area contributed by atoms with Crippen molar-refractivity contribution in [1.29, 1.82) is 0 Å². The Labute approximate surface area is 248 Å². The maximum atomic E-state index is 3.64. The SMILES string of the molecule is Brc1ccc2c(c1)sc1ccc(N(c3ccc(-c4ccccc4)cc3)c3ccc4c(c3)sc3ccccc34)cc12. The summed E-state index contributed by atoms with van der Waals surface area (Å²) in [5.41, 5.74) is 5.90. The van der Waals surface area contributed by atoms with Crippen LogP contribution in [0.1, 0.15) is 0 Å². The quantitative estimate of drug-likeness (QED) is 0.191. The number of rotatable bonds is 4. The number of benzene rings is 6. The van der Waals surface area contributed by atoms with Gasteiger partial charge in [-0.25, -0.2) is 0 Å². The van der Waals surface area contributed by atoms with Gasteiger partial charge < -0.3 is 4.90 Å². The molecule has 6 aromatic carbocycles. The first-order chi connectivity index (χ1) is 19.7. The second kappa shape index (κ2) is 9.60. The molecule has 190 valence electrons. The zero-order valence-corrected chi connectivity index (χ0v) is 24.6. The third-order valence-corrected chi connectivity index (χ3v) is 10.3. The molecular formula is C36H22BrNS2. The first-order valence-corrected chi connectivity index (χ1v) is 15.6. The summed E-state index contributed by atoms with van der Waals surface area (Å²) in [6.45, 7) is 0. The highest BCUT2D eigenvalue weighted by molar-refractivity contribution is 9.10. The average Bonchev–Trinajstić information content (AvgIpc) is 3.55. The summed E-state index contributed by atoms with van der Waals surface area (Å²) in [5.74, 6) is 0. The van der Waals surface area contributed by atoms with Crippen molar-refractivity contribution in [2.75, 3.05) is 4.90 Å². The van der Waals surface area contributed by atoms with E-state index in [9.17, 15) is 0 Å². The van der Waals surface area contributed by atoms with Crippen molar-refractivity contribution in [3.05, 3.63) is 138 Å². The molecule has 0 aliphatic carbocycles. The minimum Gasteiger partial charge on any atom is -0.310 e. The zero-order chi connectivity index (χ0) is 26.6. The first kappa shape index (κ1) is 23.9. The van der Waals surface area contributed by atoms with Gasteiger partial charge in [0.1, 0.15) is 0 Å². The molecule has 0 aliphatic heterocycles. The van der Waals surface area contributed by atoms with Crippen LogP contribution >= 0.6 is 38.6 Å². The van der Waals surface area contributed by atoms with E-state index in [0.29, 0.717) is 0 Å². The van der Waals surface area contributed by atoms with Crippen LogP contribution in [0.4, 0.5) is 17.1 Å². The van der Waals surface area contributed by atoms with Crippen molar-refractivity contribution in [3.63, 3.8) is 0 Å². The Bertz CT molecular complexity index is 2180. The monoisotopic (exact) mass is 611 g/mol. The summed E-state index contributed by atoms with van der Waals surface area (Å²) >= 11 is 7.35. The second-order valence-corrected chi connectivity index (χ2v) is 13.0. The molecule has 0 spiro atoms. The molecule has 8 rings (SSSR count). The molecule has 0 atom stereocenters. The molecule has 8 aromatic rings. The Morgan fingerprint density at radius 1 is 0.400 bits per heavy atom. The maximum Gasteiger partial charge on any atom is 0.0476 e. The van der Waals surface area contributed by atoms with Gasteiger partial charge in [-0.3, -0.25) is 0 Å². The molecule has 0 amide bonds. The van der Waals surface area contributed by atoms with E-state index in [1.165, 1.54) is 51.5 Å². The Hall–Kier alpha value is -3.96. The van der Waals surface area contributed by atoms with Gasteiger partial charge in [-0.2, -0.15) is 0 Å². The number of anilines is 3. The van der Waals surface area contributed by atoms with Gasteiger partial charge in [0.15, 0.2) is 0 Å². The van der Waals surface area contributed by atoms with E-state index in [0.717, 1.165) is 21.5 Å². The van der Waals surface area contributed by atoms with E-state index >= 15 is 0 Å². The van der Waals surface area contributed by atoms with Crippen LogP contribution in [0.5, 0.6) is 0 Å². The number of fused-ring (bicyclic) bond motifs is 6. The lowest BCUT2D eigenvalue weighted by molar-refractivity contribution is 1.30. The van der Waals surface area contributed by atoms with E-state index in [-0.39, 0.29) is 0 Å². The van der Waals surface area contributed by atoms with Crippen LogP contribution in [0.2, 0.25) is 0 Å². The third-order valence-electron chi connectivity index (χ3n) is 7.53. The van der Waals surface area contributed by atoms with Gasteiger partial charge in [-0.1, -0.05) is 88.7 Å². The number of hydrogen-bond acceptors (Lipinski definition) is 3. The van der Waals surface area contributed by atoms with E-state index in [1.807, 2.05) is 22.7 Å². The summed E-state index contributed by atoms with van der Waals surface area (Å²) in [5, 5.41) is 5.22. The van der Waals surface area contributed by atoms with Crippen LogP contribution in [0.25, 0.3) is 51.5 Å². The number of nitrogens with zero attached hydrogens (tertiary/aromatic N) is 1. The summed E-state index contributed by atoms with van der Waals surface area (Å²) in [4.78, 5) is 2.39. The van der Waals surface area contributed by atoms with Crippen molar-refractivity contribution < 1.29 is 0 Å². The zero-order valence-electron chi connectivity index (χ0n) is 21.3. The summed E-state index contributed by atoms with van der Waals surface area (Å²) in [6, 6.07) is 48.5. The topological polar surface area (TPSA) is 3.24 Å². The van der Waals surface area contributed by atoms with Crippen LogP contribution in [0, 0.1) is 0 Å². The van der Waals surface area contributed by atoms with E-state index in [1.54, 1.807) is 0 Å². The van der Waals surface area contributed by atoms with Crippen LogP contribution in [-0.2, 0) is 0 Å². The molecule has 1 nitrogen and oxygen atoms in total. The lowest BCUT2D eigenvalue weighted by Crippen LogP contribution is -2.09. The van der Waals surface area contributed by atoms with Crippen LogP contribution in [-0.4, -0.2) is 0 Å². The predicted molar refractivity (Wildman–Crippen MR) is 180 cm³/mol. The molecule has 0 N–H and O–H groups in total. The van der Waals surface area contributed by atoms with Gasteiger partial charge in [0.05, 0.1) is 0 Å². The minimum absolute atomic E-state index is 1.11. The van der Waals surface area contributed by atoms with Gasteiger partial charge in [-0.05, 0) is 71.8 Å². The van der Waals surface area contributed by atoms with Crippen molar-refractivity contribution in [2.24, 2.45) is 0 Å². The van der Waals surface area contributed by atoms with Crippen molar-refractivity contribution >= 4 is 96.0 Å². The van der Waals surface area contributed by atoms with Crippen LogP contribution in [0.3, 0.4) is 0 Å². The first-order valence-electron chi connectivity index (χ1n) is 13.2. The molecular weight excluding hydrogens is 590 g/mol. The number of thiophene rings is 2. The van der Waals surface area contributed by atoms with Crippen molar-refractivity contribution in [1.82, 2.24) is 0 Å². The molecule has 2 heterocycles. The molecule has 0 fully saturated rings. The third kappa shape index (κ3) is 4.03. The fourth-order valence-electron chi connectivity index (χ4n) is 5.61. The van der Waals surface area contributed by atoms with Crippen LogP contribution < -0.4 is 4.90 Å². The lowest BCUT2D eigenvalue weighted by atomic mass is 10.0. The molecule has 0 bridgehead atoms.